The molecule has 0 saturated carbocycles. The highest BCUT2D eigenvalue weighted by molar-refractivity contribution is 7.28. The Labute approximate surface area is 74.5 Å². The molecule has 0 fully saturated rings. The molecular weight excluding hydrogens is 147 g/mol. The van der Waals surface area contributed by atoms with Crippen LogP contribution in [0.1, 0.15) is 0 Å². The molecule has 3 nitrogen and oxygen atoms in total. The van der Waals surface area contributed by atoms with Crippen molar-refractivity contribution in [2.45, 2.75) is 0 Å². The van der Waals surface area contributed by atoms with Crippen LogP contribution in [0.2, 0.25) is 0 Å². The summed E-state index contributed by atoms with van der Waals surface area (Å²) in [6.45, 7) is 0. The first-order chi connectivity index (χ1) is 5.65. The van der Waals surface area contributed by atoms with E-state index in [4.69, 9.17) is 24.9 Å². The molecule has 0 aliphatic rings. The minimum absolute atomic E-state index is 0.536. The average molecular weight is 155 g/mol. The summed E-state index contributed by atoms with van der Waals surface area (Å²) in [6.07, 6.45) is 0. The van der Waals surface area contributed by atoms with Gasteiger partial charge in [-0.1, -0.05) is 5.46 Å². The number of nitrogens with two attached hydrogens (primary N) is 3. The van der Waals surface area contributed by atoms with Crippen LogP contribution < -0.4 is 22.7 Å². The van der Waals surface area contributed by atoms with Crippen molar-refractivity contribution >= 4 is 44.5 Å². The molecule has 4 radical (unpaired) electrons. The molecule has 12 heavy (non-hydrogen) atoms. The van der Waals surface area contributed by atoms with Crippen LogP contribution in [0.3, 0.4) is 0 Å². The zero-order chi connectivity index (χ0) is 9.14. The van der Waals surface area contributed by atoms with Crippen LogP contribution >= 0.6 is 0 Å². The maximum Gasteiger partial charge on any atom is 0.101 e. The van der Waals surface area contributed by atoms with Crippen LogP contribution in [0.25, 0.3) is 0 Å². The van der Waals surface area contributed by atoms with Crippen LogP contribution in [0.5, 0.6) is 0 Å². The highest BCUT2D eigenvalue weighted by Crippen LogP contribution is 2.11. The van der Waals surface area contributed by atoms with Gasteiger partial charge in [-0.3, -0.25) is 0 Å². The molecule has 6 N–H and O–H groups in total. The lowest BCUT2D eigenvalue weighted by molar-refractivity contribution is 1.69. The SMILES string of the molecule is [B][B][B]c1c(N)cc(N)cc1N. The van der Waals surface area contributed by atoms with Crippen molar-refractivity contribution in [3.63, 3.8) is 0 Å². The molecule has 0 bridgehead atoms. The fourth-order valence-corrected chi connectivity index (χ4v) is 1.01. The van der Waals surface area contributed by atoms with Gasteiger partial charge >= 0.3 is 0 Å². The summed E-state index contributed by atoms with van der Waals surface area (Å²) in [5, 5.41) is 0. The quantitative estimate of drug-likeness (QED) is 0.357. The Morgan fingerprint density at radius 1 is 1.08 bits per heavy atom. The lowest BCUT2D eigenvalue weighted by atomic mass is 9.26. The van der Waals surface area contributed by atoms with Crippen molar-refractivity contribution in [3.05, 3.63) is 12.1 Å². The van der Waals surface area contributed by atoms with E-state index in [2.05, 4.69) is 0 Å². The Hall–Kier alpha value is -1.19. The van der Waals surface area contributed by atoms with Crippen LogP contribution in [0, 0.1) is 0 Å². The minimum Gasteiger partial charge on any atom is -0.399 e. The van der Waals surface area contributed by atoms with Crippen LogP contribution in [0.4, 0.5) is 17.1 Å². The molecule has 0 aliphatic carbocycles. The molecular formula is C6H8B3N3. The van der Waals surface area contributed by atoms with E-state index in [0.29, 0.717) is 22.5 Å². The van der Waals surface area contributed by atoms with E-state index in [-0.39, 0.29) is 0 Å². The maximum atomic E-state index is 5.64. The summed E-state index contributed by atoms with van der Waals surface area (Å²) >= 11 is 0. The van der Waals surface area contributed by atoms with Gasteiger partial charge in [0.05, 0.1) is 0 Å². The molecule has 1 aromatic rings. The highest BCUT2D eigenvalue weighted by atomic mass is 14.6. The number of hydrogen-bond donors (Lipinski definition) is 3. The fraction of sp³-hybridized carbons (Fsp3) is 0. The van der Waals surface area contributed by atoms with Gasteiger partial charge in [0.15, 0.2) is 0 Å². The summed E-state index contributed by atoms with van der Waals surface area (Å²) in [7, 11) is 8.24. The first-order valence-corrected chi connectivity index (χ1v) is 3.48. The van der Waals surface area contributed by atoms with Gasteiger partial charge in [-0.2, -0.15) is 0 Å². The summed E-state index contributed by atoms with van der Waals surface area (Å²) in [6, 6.07) is 3.29. The third-order valence-corrected chi connectivity index (χ3v) is 1.53. The maximum absolute atomic E-state index is 5.64. The van der Waals surface area contributed by atoms with Gasteiger partial charge in [-0.05, 0) is 12.1 Å². The fourth-order valence-electron chi connectivity index (χ4n) is 1.01. The van der Waals surface area contributed by atoms with Crippen molar-refractivity contribution in [1.82, 2.24) is 0 Å². The lowest BCUT2D eigenvalue weighted by Crippen LogP contribution is -2.27. The predicted molar refractivity (Wildman–Crippen MR) is 56.6 cm³/mol. The second-order valence-electron chi connectivity index (χ2n) is 2.47. The van der Waals surface area contributed by atoms with E-state index in [1.165, 1.54) is 7.06 Å². The molecule has 0 unspecified atom stereocenters. The molecule has 0 saturated heterocycles. The molecule has 0 aromatic heterocycles. The van der Waals surface area contributed by atoms with Gasteiger partial charge < -0.3 is 17.2 Å². The smallest absolute Gasteiger partial charge is 0.101 e. The van der Waals surface area contributed by atoms with E-state index >= 15 is 0 Å². The van der Waals surface area contributed by atoms with Gasteiger partial charge in [0.2, 0.25) is 0 Å². The molecule has 6 heteroatoms. The number of anilines is 3. The normalized spacial score (nSPS) is 9.33. The second kappa shape index (κ2) is 3.47. The second-order valence-corrected chi connectivity index (χ2v) is 2.47. The number of rotatable bonds is 2. The third kappa shape index (κ3) is 1.70. The molecule has 0 atom stereocenters. The molecule has 1 rings (SSSR count). The first-order valence-electron chi connectivity index (χ1n) is 3.48. The topological polar surface area (TPSA) is 78.1 Å². The third-order valence-electron chi connectivity index (χ3n) is 1.53. The van der Waals surface area contributed by atoms with Gasteiger partial charge in [-0.15, -0.1) is 0 Å². The lowest BCUT2D eigenvalue weighted by Gasteiger charge is -2.08. The van der Waals surface area contributed by atoms with E-state index < -0.39 is 0 Å². The van der Waals surface area contributed by atoms with Crippen LogP contribution in [0.15, 0.2) is 12.1 Å². The number of nitrogen functional groups attached to an aromatic ring is 3. The molecule has 56 valence electrons. The summed E-state index contributed by atoms with van der Waals surface area (Å²) in [5.74, 6) is 0. The Balaban J connectivity index is 3.10. The van der Waals surface area contributed by atoms with Crippen molar-refractivity contribution in [3.8, 4) is 0 Å². The van der Waals surface area contributed by atoms with Gasteiger partial charge in [0.25, 0.3) is 0 Å². The summed E-state index contributed by atoms with van der Waals surface area (Å²) in [5.41, 5.74) is 19.1. The number of hydrogen-bond acceptors (Lipinski definition) is 3. The zero-order valence-corrected chi connectivity index (χ0v) is 6.62. The van der Waals surface area contributed by atoms with E-state index in [0.717, 1.165) is 0 Å². The van der Waals surface area contributed by atoms with E-state index in [1.807, 2.05) is 0 Å². The highest BCUT2D eigenvalue weighted by Gasteiger charge is 2.03. The van der Waals surface area contributed by atoms with Crippen molar-refractivity contribution in [2.24, 2.45) is 0 Å². The Morgan fingerprint density at radius 2 is 1.58 bits per heavy atom. The Morgan fingerprint density at radius 3 is 2.00 bits per heavy atom. The molecule has 0 spiro atoms. The monoisotopic (exact) mass is 155 g/mol. The van der Waals surface area contributed by atoms with Gasteiger partial charge in [0, 0.05) is 31.9 Å². The van der Waals surface area contributed by atoms with Crippen molar-refractivity contribution < 1.29 is 0 Å². The van der Waals surface area contributed by atoms with Gasteiger partial charge in [0.1, 0.15) is 7.17 Å². The number of benzene rings is 1. The predicted octanol–water partition coefficient (Wildman–Crippen LogP) is -1.53. The molecule has 1 aromatic carbocycles. The van der Waals surface area contributed by atoms with Gasteiger partial charge in [-0.25, -0.2) is 0 Å². The largest absolute Gasteiger partial charge is 0.399 e. The molecule has 0 amide bonds. The van der Waals surface area contributed by atoms with Crippen molar-refractivity contribution in [2.75, 3.05) is 17.2 Å². The van der Waals surface area contributed by atoms with Crippen molar-refractivity contribution in [1.29, 1.82) is 0 Å². The van der Waals surface area contributed by atoms with E-state index in [1.54, 1.807) is 19.3 Å². The Kier molecular flexibility index (Phi) is 2.58. The van der Waals surface area contributed by atoms with Crippen LogP contribution in [-0.4, -0.2) is 22.0 Å². The average Bonchev–Trinajstić information content (AvgIpc) is 1.96. The first kappa shape index (κ1) is 8.91. The zero-order valence-electron chi connectivity index (χ0n) is 6.62. The van der Waals surface area contributed by atoms with E-state index in [9.17, 15) is 0 Å². The molecule has 0 aliphatic heterocycles. The Bertz CT molecular complexity index is 266. The summed E-state index contributed by atoms with van der Waals surface area (Å²) in [4.78, 5) is 0. The standard InChI is InChI=1S/C6H8B3N3/c7-9-8-6-4(11)1-3(10)2-5(6)12/h1-2H,10-12H2. The summed E-state index contributed by atoms with van der Waals surface area (Å²) < 4.78 is 0. The molecule has 0 heterocycles. The minimum atomic E-state index is 0.536. The van der Waals surface area contributed by atoms with Crippen LogP contribution in [-0.2, 0) is 0 Å².